The van der Waals surface area contributed by atoms with E-state index in [1.54, 1.807) is 6.07 Å². The van der Waals surface area contributed by atoms with Crippen molar-refractivity contribution in [2.24, 2.45) is 0 Å². The van der Waals surface area contributed by atoms with E-state index in [4.69, 9.17) is 4.74 Å². The number of thiophene rings is 1. The van der Waals surface area contributed by atoms with Crippen LogP contribution in [0.15, 0.2) is 16.3 Å². The summed E-state index contributed by atoms with van der Waals surface area (Å²) < 4.78 is 32.7. The molecule has 6 nitrogen and oxygen atoms in total. The molecule has 2 N–H and O–H groups in total. The third-order valence-electron chi connectivity index (χ3n) is 3.35. The van der Waals surface area contributed by atoms with E-state index in [0.717, 1.165) is 50.7 Å². The van der Waals surface area contributed by atoms with Gasteiger partial charge in [-0.3, -0.25) is 4.90 Å². The van der Waals surface area contributed by atoms with Crippen LogP contribution >= 0.6 is 11.3 Å². The molecule has 0 radical (unpaired) electrons. The number of nitrogens with zero attached hydrogens (tertiary/aromatic N) is 1. The highest BCUT2D eigenvalue weighted by Gasteiger charge is 2.17. The molecule has 1 aliphatic heterocycles. The van der Waals surface area contributed by atoms with E-state index < -0.39 is 10.0 Å². The van der Waals surface area contributed by atoms with Gasteiger partial charge in [0.2, 0.25) is 10.0 Å². The fourth-order valence-electron chi connectivity index (χ4n) is 2.12. The van der Waals surface area contributed by atoms with Crippen molar-refractivity contribution in [1.82, 2.24) is 14.9 Å². The highest BCUT2D eigenvalue weighted by molar-refractivity contribution is 7.91. The molecule has 1 saturated heterocycles. The molecule has 0 amide bonds. The summed E-state index contributed by atoms with van der Waals surface area (Å²) in [7, 11) is -1.49. The maximum atomic E-state index is 12.2. The zero-order valence-corrected chi connectivity index (χ0v) is 13.9. The molecule has 1 fully saturated rings. The highest BCUT2D eigenvalue weighted by atomic mass is 32.2. The van der Waals surface area contributed by atoms with Crippen molar-refractivity contribution in [2.75, 3.05) is 53.0 Å². The van der Waals surface area contributed by atoms with Gasteiger partial charge in [0.15, 0.2) is 0 Å². The summed E-state index contributed by atoms with van der Waals surface area (Å²) in [6, 6.07) is 3.57. The standard InChI is InChI=1S/C13H23N3O3S2/c1-14-5-4-12-2-3-13(20-12)21(17,18)15-6-7-16-8-10-19-11-9-16/h2-3,14-15H,4-11H2,1H3. The lowest BCUT2D eigenvalue weighted by molar-refractivity contribution is 0.0390. The zero-order valence-electron chi connectivity index (χ0n) is 12.3. The molecule has 0 aromatic carbocycles. The van der Waals surface area contributed by atoms with Gasteiger partial charge in [0.25, 0.3) is 0 Å². The second-order valence-corrected chi connectivity index (χ2v) is 8.09. The van der Waals surface area contributed by atoms with Crippen molar-refractivity contribution in [1.29, 1.82) is 0 Å². The summed E-state index contributed by atoms with van der Waals surface area (Å²) >= 11 is 1.34. The minimum Gasteiger partial charge on any atom is -0.379 e. The number of morpholine rings is 1. The van der Waals surface area contributed by atoms with Gasteiger partial charge in [-0.05, 0) is 32.1 Å². The minimum atomic E-state index is -3.38. The summed E-state index contributed by atoms with van der Waals surface area (Å²) in [5, 5.41) is 3.06. The average molecular weight is 333 g/mol. The van der Waals surface area contributed by atoms with Crippen molar-refractivity contribution in [3.05, 3.63) is 17.0 Å². The molecule has 1 aromatic rings. The van der Waals surface area contributed by atoms with Crippen LogP contribution < -0.4 is 10.0 Å². The number of sulfonamides is 1. The van der Waals surface area contributed by atoms with Gasteiger partial charge in [-0.1, -0.05) is 0 Å². The number of ether oxygens (including phenoxy) is 1. The van der Waals surface area contributed by atoms with Crippen molar-refractivity contribution < 1.29 is 13.2 Å². The van der Waals surface area contributed by atoms with E-state index >= 15 is 0 Å². The van der Waals surface area contributed by atoms with Crippen LogP contribution in [0.3, 0.4) is 0 Å². The van der Waals surface area contributed by atoms with Crippen LogP contribution in [0.4, 0.5) is 0 Å². The molecule has 1 aromatic heterocycles. The van der Waals surface area contributed by atoms with Crippen LogP contribution in [-0.2, 0) is 21.2 Å². The normalized spacial score (nSPS) is 17.2. The lowest BCUT2D eigenvalue weighted by Gasteiger charge is -2.26. The fourth-order valence-corrected chi connectivity index (χ4v) is 4.54. The van der Waals surface area contributed by atoms with E-state index in [2.05, 4.69) is 14.9 Å². The first-order valence-electron chi connectivity index (χ1n) is 7.15. The van der Waals surface area contributed by atoms with E-state index in [0.29, 0.717) is 10.8 Å². The monoisotopic (exact) mass is 333 g/mol. The van der Waals surface area contributed by atoms with Crippen LogP contribution in [0.2, 0.25) is 0 Å². The second-order valence-electron chi connectivity index (χ2n) is 4.93. The smallest absolute Gasteiger partial charge is 0.250 e. The van der Waals surface area contributed by atoms with Crippen molar-refractivity contribution in [3.63, 3.8) is 0 Å². The summed E-state index contributed by atoms with van der Waals surface area (Å²) in [5.41, 5.74) is 0. The molecule has 2 rings (SSSR count). The maximum Gasteiger partial charge on any atom is 0.250 e. The summed E-state index contributed by atoms with van der Waals surface area (Å²) in [6.07, 6.45) is 0.852. The summed E-state index contributed by atoms with van der Waals surface area (Å²) in [5.74, 6) is 0. The second kappa shape index (κ2) is 8.21. The van der Waals surface area contributed by atoms with Crippen LogP contribution in [0.25, 0.3) is 0 Å². The Bertz CT molecular complexity index is 525. The van der Waals surface area contributed by atoms with E-state index in [1.807, 2.05) is 13.1 Å². The molecule has 0 spiro atoms. The molecule has 120 valence electrons. The number of rotatable bonds is 8. The quantitative estimate of drug-likeness (QED) is 0.707. The molecule has 1 aliphatic rings. The van der Waals surface area contributed by atoms with Gasteiger partial charge in [0.1, 0.15) is 4.21 Å². The molecule has 0 aliphatic carbocycles. The number of hydrogen-bond acceptors (Lipinski definition) is 6. The van der Waals surface area contributed by atoms with E-state index in [-0.39, 0.29) is 0 Å². The molecular weight excluding hydrogens is 310 g/mol. The molecular formula is C13H23N3O3S2. The minimum absolute atomic E-state index is 0.399. The van der Waals surface area contributed by atoms with Gasteiger partial charge >= 0.3 is 0 Å². The predicted octanol–water partition coefficient (Wildman–Crippen LogP) is 0.121. The van der Waals surface area contributed by atoms with E-state index in [1.165, 1.54) is 11.3 Å². The van der Waals surface area contributed by atoms with Crippen molar-refractivity contribution in [3.8, 4) is 0 Å². The lowest BCUT2D eigenvalue weighted by atomic mass is 10.3. The van der Waals surface area contributed by atoms with E-state index in [9.17, 15) is 8.42 Å². The molecule has 0 bridgehead atoms. The third-order valence-corrected chi connectivity index (χ3v) is 6.44. The first kappa shape index (κ1) is 16.9. The van der Waals surface area contributed by atoms with Gasteiger partial charge in [0.05, 0.1) is 13.2 Å². The Morgan fingerprint density at radius 3 is 2.76 bits per heavy atom. The Hall–Kier alpha value is -0.510. The fraction of sp³-hybridized carbons (Fsp3) is 0.692. The molecule has 8 heteroatoms. The van der Waals surface area contributed by atoms with Gasteiger partial charge < -0.3 is 10.1 Å². The Balaban J connectivity index is 1.81. The Labute approximate surface area is 130 Å². The third kappa shape index (κ3) is 5.32. The summed E-state index contributed by atoms with van der Waals surface area (Å²) in [6.45, 7) is 5.21. The SMILES string of the molecule is CNCCc1ccc(S(=O)(=O)NCCN2CCOCC2)s1. The maximum absolute atomic E-state index is 12.2. The Kier molecular flexibility index (Phi) is 6.59. The Morgan fingerprint density at radius 1 is 1.29 bits per heavy atom. The van der Waals surface area contributed by atoms with Crippen LogP contribution in [0.5, 0.6) is 0 Å². The van der Waals surface area contributed by atoms with Crippen molar-refractivity contribution in [2.45, 2.75) is 10.6 Å². The predicted molar refractivity (Wildman–Crippen MR) is 84.4 cm³/mol. The molecule has 0 saturated carbocycles. The first-order chi connectivity index (χ1) is 10.1. The Morgan fingerprint density at radius 2 is 2.05 bits per heavy atom. The average Bonchev–Trinajstić information content (AvgIpc) is 2.96. The van der Waals surface area contributed by atoms with Gasteiger partial charge in [-0.25, -0.2) is 13.1 Å². The lowest BCUT2D eigenvalue weighted by Crippen LogP contribution is -2.41. The molecule has 0 atom stereocenters. The molecule has 2 heterocycles. The number of hydrogen-bond donors (Lipinski definition) is 2. The van der Waals surface area contributed by atoms with Gasteiger partial charge in [-0.15, -0.1) is 11.3 Å². The number of likely N-dealkylation sites (N-methyl/N-ethyl adjacent to an activating group) is 1. The topological polar surface area (TPSA) is 70.7 Å². The van der Waals surface area contributed by atoms with Crippen LogP contribution in [0, 0.1) is 0 Å². The van der Waals surface area contributed by atoms with Crippen molar-refractivity contribution >= 4 is 21.4 Å². The first-order valence-corrected chi connectivity index (χ1v) is 9.45. The zero-order chi connectivity index (χ0) is 15.1. The van der Waals surface area contributed by atoms with Gasteiger partial charge in [0, 0.05) is 31.1 Å². The number of nitrogens with one attached hydrogen (secondary N) is 2. The van der Waals surface area contributed by atoms with Crippen LogP contribution in [-0.4, -0.2) is 66.3 Å². The highest BCUT2D eigenvalue weighted by Crippen LogP contribution is 2.21. The largest absolute Gasteiger partial charge is 0.379 e. The summed E-state index contributed by atoms with van der Waals surface area (Å²) in [4.78, 5) is 3.29. The van der Waals surface area contributed by atoms with Crippen LogP contribution in [0.1, 0.15) is 4.88 Å². The molecule has 0 unspecified atom stereocenters. The van der Waals surface area contributed by atoms with Gasteiger partial charge in [-0.2, -0.15) is 0 Å². The molecule has 21 heavy (non-hydrogen) atoms.